The maximum absolute atomic E-state index is 4.39. The molecule has 0 radical (unpaired) electrons. The fourth-order valence-corrected chi connectivity index (χ4v) is 7.75. The number of thiophene rings is 1. The molecule has 30 heavy (non-hydrogen) atoms. The molecule has 5 heteroatoms. The number of aromatic nitrogens is 4. The first-order valence-corrected chi connectivity index (χ1v) is 12.3. The smallest absolute Gasteiger partial charge is 0.158 e. The van der Waals surface area contributed by atoms with Gasteiger partial charge in [0.2, 0.25) is 0 Å². The molecular weight excluding hydrogens is 388 g/mol. The molecular formula is C25H30N4S. The van der Waals surface area contributed by atoms with Crippen LogP contribution in [0.4, 0.5) is 0 Å². The van der Waals surface area contributed by atoms with Crippen molar-refractivity contribution < 1.29 is 0 Å². The third kappa shape index (κ3) is 2.71. The number of fused-ring (bicyclic) bond motifs is 4. The van der Waals surface area contributed by atoms with Gasteiger partial charge in [0.25, 0.3) is 0 Å². The van der Waals surface area contributed by atoms with Gasteiger partial charge >= 0.3 is 0 Å². The van der Waals surface area contributed by atoms with Crippen molar-refractivity contribution in [1.29, 1.82) is 0 Å². The molecule has 0 spiro atoms. The summed E-state index contributed by atoms with van der Waals surface area (Å²) in [6.07, 6.45) is 11.0. The van der Waals surface area contributed by atoms with Crippen molar-refractivity contribution >= 4 is 27.2 Å². The van der Waals surface area contributed by atoms with Crippen LogP contribution in [0.25, 0.3) is 27.1 Å². The van der Waals surface area contributed by atoms with Crippen molar-refractivity contribution in [2.24, 2.45) is 11.8 Å². The fraction of sp³-hybridized carbons (Fsp3) is 0.520. The van der Waals surface area contributed by atoms with Gasteiger partial charge in [0, 0.05) is 22.0 Å². The monoisotopic (exact) mass is 418 g/mol. The van der Waals surface area contributed by atoms with Gasteiger partial charge in [-0.2, -0.15) is 5.10 Å². The number of H-pyrrole nitrogens is 1. The van der Waals surface area contributed by atoms with Gasteiger partial charge in [-0.1, -0.05) is 26.7 Å². The molecule has 2 bridgehead atoms. The average Bonchev–Trinajstić information content (AvgIpc) is 3.46. The van der Waals surface area contributed by atoms with E-state index in [2.05, 4.69) is 55.0 Å². The molecule has 2 aliphatic carbocycles. The van der Waals surface area contributed by atoms with E-state index < -0.39 is 0 Å². The van der Waals surface area contributed by atoms with Crippen LogP contribution in [0, 0.1) is 25.7 Å². The Morgan fingerprint density at radius 1 is 1.13 bits per heavy atom. The Bertz CT molecular complexity index is 1250. The first kappa shape index (κ1) is 18.6. The lowest BCUT2D eigenvalue weighted by Gasteiger charge is -2.27. The Morgan fingerprint density at radius 2 is 1.90 bits per heavy atom. The van der Waals surface area contributed by atoms with E-state index in [0.29, 0.717) is 5.92 Å². The van der Waals surface area contributed by atoms with Crippen LogP contribution in [0.2, 0.25) is 0 Å². The number of aryl methyl sites for hydroxylation is 2. The predicted octanol–water partition coefficient (Wildman–Crippen LogP) is 6.97. The van der Waals surface area contributed by atoms with Crippen LogP contribution in [0.5, 0.6) is 0 Å². The maximum Gasteiger partial charge on any atom is 0.158 e. The zero-order chi connectivity index (χ0) is 20.6. The van der Waals surface area contributed by atoms with Crippen molar-refractivity contribution in [3.05, 3.63) is 40.2 Å². The average molecular weight is 419 g/mol. The molecule has 4 aromatic rings. The Labute approximate surface area is 181 Å². The highest BCUT2D eigenvalue weighted by atomic mass is 32.1. The SMILES string of the molecule is Cc1c(C2C[C@H]3CC[C@@H](C2)C3)sc2[nH]c(-c3cc(C)c4ncnn4c3)c(C(C)C)c12. The van der Waals surface area contributed by atoms with Crippen molar-refractivity contribution in [1.82, 2.24) is 19.6 Å². The number of nitrogens with one attached hydrogen (secondary N) is 1. The van der Waals surface area contributed by atoms with Gasteiger partial charge in [-0.3, -0.25) is 0 Å². The van der Waals surface area contributed by atoms with E-state index >= 15 is 0 Å². The van der Waals surface area contributed by atoms with Crippen LogP contribution in [0.3, 0.4) is 0 Å². The highest BCUT2D eigenvalue weighted by Gasteiger charge is 2.36. The molecule has 3 atom stereocenters. The second kappa shape index (κ2) is 6.68. The van der Waals surface area contributed by atoms with E-state index in [1.54, 1.807) is 11.2 Å². The molecule has 2 saturated carbocycles. The standard InChI is InChI=1S/C25H30N4S/c1-13(2)20-21-15(4)23(18-9-16-5-6-17(8-16)10-18)30-25(21)28-22(20)19-7-14(3)24-26-12-27-29(24)11-19/h7,11-13,16-18,28H,5-6,8-10H2,1-4H3/t16-,17+,18?. The normalized spacial score (nSPS) is 24.0. The van der Waals surface area contributed by atoms with Crippen LogP contribution in [-0.4, -0.2) is 19.6 Å². The summed E-state index contributed by atoms with van der Waals surface area (Å²) < 4.78 is 1.90. The summed E-state index contributed by atoms with van der Waals surface area (Å²) in [5, 5.41) is 5.87. The number of rotatable bonds is 3. The van der Waals surface area contributed by atoms with Crippen molar-refractivity contribution in [3.63, 3.8) is 0 Å². The Morgan fingerprint density at radius 3 is 2.63 bits per heavy atom. The Balaban J connectivity index is 1.50. The first-order valence-electron chi connectivity index (χ1n) is 11.4. The minimum absolute atomic E-state index is 0.462. The van der Waals surface area contributed by atoms with Crippen LogP contribution in [0.1, 0.15) is 79.4 Å². The van der Waals surface area contributed by atoms with E-state index in [-0.39, 0.29) is 0 Å². The number of hydrogen-bond donors (Lipinski definition) is 1. The largest absolute Gasteiger partial charge is 0.346 e. The van der Waals surface area contributed by atoms with Crippen LogP contribution in [-0.2, 0) is 0 Å². The Kier molecular flexibility index (Phi) is 4.14. The summed E-state index contributed by atoms with van der Waals surface area (Å²) in [4.78, 5) is 11.2. The van der Waals surface area contributed by atoms with E-state index in [1.807, 2.05) is 15.9 Å². The fourth-order valence-electron chi connectivity index (χ4n) is 6.40. The molecule has 0 saturated heterocycles. The van der Waals surface area contributed by atoms with Gasteiger partial charge < -0.3 is 4.98 Å². The lowest BCUT2D eigenvalue weighted by molar-refractivity contribution is 0.322. The third-order valence-corrected chi connectivity index (χ3v) is 9.01. The topological polar surface area (TPSA) is 46.0 Å². The summed E-state index contributed by atoms with van der Waals surface area (Å²) in [6, 6.07) is 2.25. The molecule has 2 fully saturated rings. The van der Waals surface area contributed by atoms with Crippen LogP contribution in [0.15, 0.2) is 18.6 Å². The summed E-state index contributed by atoms with van der Waals surface area (Å²) >= 11 is 2.03. The highest BCUT2D eigenvalue weighted by molar-refractivity contribution is 7.19. The molecule has 0 aliphatic heterocycles. The van der Waals surface area contributed by atoms with Gasteiger partial charge in [0.05, 0.1) is 5.69 Å². The van der Waals surface area contributed by atoms with Crippen LogP contribution < -0.4 is 0 Å². The molecule has 4 aromatic heterocycles. The van der Waals surface area contributed by atoms with E-state index in [0.717, 1.165) is 29.0 Å². The molecule has 2 aliphatic rings. The molecule has 4 nitrogen and oxygen atoms in total. The summed E-state index contributed by atoms with van der Waals surface area (Å²) in [7, 11) is 0. The minimum atomic E-state index is 0.462. The number of aromatic amines is 1. The second-order valence-electron chi connectivity index (χ2n) is 10.0. The van der Waals surface area contributed by atoms with Gasteiger partial charge in [0.1, 0.15) is 11.2 Å². The van der Waals surface area contributed by atoms with Crippen LogP contribution >= 0.6 is 11.3 Å². The van der Waals surface area contributed by atoms with Gasteiger partial charge in [-0.15, -0.1) is 11.3 Å². The number of hydrogen-bond acceptors (Lipinski definition) is 3. The van der Waals surface area contributed by atoms with E-state index in [1.165, 1.54) is 64.7 Å². The van der Waals surface area contributed by atoms with Gasteiger partial charge in [-0.25, -0.2) is 9.50 Å². The summed E-state index contributed by atoms with van der Waals surface area (Å²) in [5.74, 6) is 3.20. The third-order valence-electron chi connectivity index (χ3n) is 7.64. The summed E-state index contributed by atoms with van der Waals surface area (Å²) in [5.41, 5.74) is 7.55. The first-order chi connectivity index (χ1) is 14.5. The molecule has 6 rings (SSSR count). The number of pyridine rings is 1. The van der Waals surface area contributed by atoms with Crippen molar-refractivity contribution in [2.45, 2.75) is 71.6 Å². The lowest BCUT2D eigenvalue weighted by Crippen LogP contribution is -2.14. The van der Waals surface area contributed by atoms with Crippen molar-refractivity contribution in [3.8, 4) is 11.3 Å². The van der Waals surface area contributed by atoms with E-state index in [4.69, 9.17) is 0 Å². The molecule has 4 heterocycles. The second-order valence-corrected chi connectivity index (χ2v) is 11.1. The van der Waals surface area contributed by atoms with Gasteiger partial charge in [-0.05, 0) is 79.5 Å². The summed E-state index contributed by atoms with van der Waals surface area (Å²) in [6.45, 7) is 9.14. The zero-order valence-corrected chi connectivity index (χ0v) is 19.1. The predicted molar refractivity (Wildman–Crippen MR) is 125 cm³/mol. The minimum Gasteiger partial charge on any atom is -0.346 e. The molecule has 156 valence electrons. The van der Waals surface area contributed by atoms with E-state index in [9.17, 15) is 0 Å². The molecule has 1 unspecified atom stereocenters. The molecule has 0 aromatic carbocycles. The van der Waals surface area contributed by atoms with Gasteiger partial charge in [0.15, 0.2) is 5.65 Å². The number of nitrogens with zero attached hydrogens (tertiary/aromatic N) is 3. The zero-order valence-electron chi connectivity index (χ0n) is 18.3. The lowest BCUT2D eigenvalue weighted by atomic mass is 9.79. The maximum atomic E-state index is 4.39. The quantitative estimate of drug-likeness (QED) is 0.390. The molecule has 1 N–H and O–H groups in total. The van der Waals surface area contributed by atoms with Crippen molar-refractivity contribution in [2.75, 3.05) is 0 Å². The highest BCUT2D eigenvalue weighted by Crippen LogP contribution is 2.52. The molecule has 0 amide bonds. The Hall–Kier alpha value is -2.14.